The maximum atomic E-state index is 10.3. The molecule has 0 aromatic carbocycles. The minimum absolute atomic E-state index is 0. The molecule has 0 aliphatic rings. The zero-order chi connectivity index (χ0) is 8.43. The number of rotatable bonds is 2. The van der Waals surface area contributed by atoms with Gasteiger partial charge in [0.25, 0.3) is 0 Å². The van der Waals surface area contributed by atoms with Crippen molar-refractivity contribution >= 4 is 11.9 Å². The molecule has 0 atom stereocenters. The van der Waals surface area contributed by atoms with E-state index < -0.39 is 17.7 Å². The van der Waals surface area contributed by atoms with Gasteiger partial charge in [-0.3, -0.25) is 0 Å². The fraction of sp³-hybridized carbons (Fsp3) is 0. The van der Waals surface area contributed by atoms with Gasteiger partial charge in [-0.2, -0.15) is 0 Å². The Balaban J connectivity index is 0.00000121. The number of aromatic carboxylic acids is 2. The van der Waals surface area contributed by atoms with Gasteiger partial charge in [0, 0.05) is 17.1 Å². The van der Waals surface area contributed by atoms with Crippen LogP contribution in [0.25, 0.3) is 0 Å². The Morgan fingerprint density at radius 3 is 2.17 bits per heavy atom. The molecular weight excluding hydrogens is 207 g/mol. The second kappa shape index (κ2) is 3.94. The van der Waals surface area contributed by atoms with Gasteiger partial charge in [-0.05, 0) is 6.07 Å². The summed E-state index contributed by atoms with van der Waals surface area (Å²) < 4.78 is 4.41. The molecule has 0 aliphatic carbocycles. The van der Waals surface area contributed by atoms with Crippen molar-refractivity contribution in [2.45, 2.75) is 0 Å². The van der Waals surface area contributed by atoms with Crippen molar-refractivity contribution in [1.29, 1.82) is 0 Å². The zero-order valence-electron chi connectivity index (χ0n) is 5.65. The van der Waals surface area contributed by atoms with Gasteiger partial charge in [0.05, 0.1) is 6.26 Å². The average molecular weight is 211 g/mol. The fourth-order valence-electron chi connectivity index (χ4n) is 0.643. The van der Waals surface area contributed by atoms with E-state index in [1.807, 2.05) is 0 Å². The molecule has 12 heavy (non-hydrogen) atoms. The molecule has 1 aromatic rings. The number of carbonyl (C=O) groups is 2. The maximum absolute atomic E-state index is 10.3. The minimum Gasteiger partial charge on any atom is -0.478 e. The van der Waals surface area contributed by atoms with E-state index in [0.717, 1.165) is 12.3 Å². The molecule has 0 aliphatic heterocycles. The van der Waals surface area contributed by atoms with Gasteiger partial charge in [0.2, 0.25) is 5.76 Å². The van der Waals surface area contributed by atoms with Crippen molar-refractivity contribution in [3.05, 3.63) is 23.7 Å². The molecule has 0 bridgehead atoms. The predicted molar refractivity (Wildman–Crippen MR) is 32.6 cm³/mol. The Morgan fingerprint density at radius 2 is 1.83 bits per heavy atom. The Morgan fingerprint density at radius 1 is 1.25 bits per heavy atom. The SMILES string of the molecule is O=C(O)c1ccoc1C(=O)O.[Mn]. The third kappa shape index (κ3) is 1.87. The van der Waals surface area contributed by atoms with Gasteiger partial charge in [0.1, 0.15) is 5.56 Å². The molecular formula is C6H4MnO5. The molecule has 1 heterocycles. The molecule has 1 radical (unpaired) electrons. The molecule has 2 N–H and O–H groups in total. The van der Waals surface area contributed by atoms with Crippen molar-refractivity contribution in [2.24, 2.45) is 0 Å². The third-order valence-electron chi connectivity index (χ3n) is 1.09. The van der Waals surface area contributed by atoms with Gasteiger partial charge in [-0.25, -0.2) is 9.59 Å². The van der Waals surface area contributed by atoms with Crippen molar-refractivity contribution in [1.82, 2.24) is 0 Å². The van der Waals surface area contributed by atoms with E-state index in [2.05, 4.69) is 4.42 Å². The van der Waals surface area contributed by atoms with E-state index in [-0.39, 0.29) is 22.6 Å². The molecule has 1 aromatic heterocycles. The van der Waals surface area contributed by atoms with Gasteiger partial charge >= 0.3 is 11.9 Å². The van der Waals surface area contributed by atoms with Crippen LogP contribution >= 0.6 is 0 Å². The second-order valence-electron chi connectivity index (χ2n) is 1.77. The molecule has 0 amide bonds. The van der Waals surface area contributed by atoms with Crippen molar-refractivity contribution < 1.29 is 41.3 Å². The third-order valence-corrected chi connectivity index (χ3v) is 1.09. The number of carboxylic acid groups (broad SMARTS) is 2. The summed E-state index contributed by atoms with van der Waals surface area (Å²) >= 11 is 0. The van der Waals surface area contributed by atoms with Gasteiger partial charge in [-0.1, -0.05) is 0 Å². The minimum atomic E-state index is -1.38. The summed E-state index contributed by atoms with van der Waals surface area (Å²) in [5.74, 6) is -3.24. The first-order chi connectivity index (χ1) is 5.13. The first-order valence-electron chi connectivity index (χ1n) is 2.67. The van der Waals surface area contributed by atoms with Crippen LogP contribution in [-0.4, -0.2) is 22.2 Å². The van der Waals surface area contributed by atoms with Crippen LogP contribution in [0.3, 0.4) is 0 Å². The van der Waals surface area contributed by atoms with E-state index in [4.69, 9.17) is 10.2 Å². The van der Waals surface area contributed by atoms with E-state index in [1.54, 1.807) is 0 Å². The first-order valence-corrected chi connectivity index (χ1v) is 2.67. The van der Waals surface area contributed by atoms with Crippen LogP contribution in [0.2, 0.25) is 0 Å². The molecule has 1 rings (SSSR count). The van der Waals surface area contributed by atoms with Crippen LogP contribution in [0, 0.1) is 0 Å². The fourth-order valence-corrected chi connectivity index (χ4v) is 0.643. The van der Waals surface area contributed by atoms with Crippen LogP contribution in [-0.2, 0) is 17.1 Å². The molecule has 0 saturated heterocycles. The smallest absolute Gasteiger partial charge is 0.372 e. The van der Waals surface area contributed by atoms with Crippen LogP contribution in [0.15, 0.2) is 16.7 Å². The van der Waals surface area contributed by atoms with Crippen molar-refractivity contribution in [2.75, 3.05) is 0 Å². The monoisotopic (exact) mass is 211 g/mol. The quantitative estimate of drug-likeness (QED) is 0.702. The van der Waals surface area contributed by atoms with Crippen LogP contribution < -0.4 is 0 Å². The van der Waals surface area contributed by atoms with E-state index in [1.165, 1.54) is 0 Å². The summed E-state index contributed by atoms with van der Waals surface area (Å²) in [5.41, 5.74) is -0.336. The number of carboxylic acids is 2. The summed E-state index contributed by atoms with van der Waals surface area (Å²) in [4.78, 5) is 20.5. The van der Waals surface area contributed by atoms with Crippen LogP contribution in [0.1, 0.15) is 20.9 Å². The topological polar surface area (TPSA) is 87.7 Å². The summed E-state index contributed by atoms with van der Waals surface area (Å²) in [6.07, 6.45) is 1.02. The predicted octanol–water partition coefficient (Wildman–Crippen LogP) is 0.673. The van der Waals surface area contributed by atoms with E-state index >= 15 is 0 Å². The van der Waals surface area contributed by atoms with E-state index in [0.29, 0.717) is 0 Å². The molecule has 6 heteroatoms. The van der Waals surface area contributed by atoms with Gasteiger partial charge < -0.3 is 14.6 Å². The normalized spacial score (nSPS) is 8.67. The maximum Gasteiger partial charge on any atom is 0.372 e. The Hall–Kier alpha value is -1.26. The molecule has 0 saturated carbocycles. The largest absolute Gasteiger partial charge is 0.478 e. The second-order valence-corrected chi connectivity index (χ2v) is 1.77. The summed E-state index contributed by atoms with van der Waals surface area (Å²) in [7, 11) is 0. The molecule has 0 fully saturated rings. The Bertz CT molecular complexity index is 274. The standard InChI is InChI=1S/C6H4O5.Mn/c7-5(8)3-1-2-11-4(3)6(9)10;/h1-2H,(H,7,8)(H,9,10);. The molecule has 0 spiro atoms. The van der Waals surface area contributed by atoms with Crippen LogP contribution in [0.4, 0.5) is 0 Å². The van der Waals surface area contributed by atoms with Crippen molar-refractivity contribution in [3.63, 3.8) is 0 Å². The molecule has 5 nitrogen and oxygen atoms in total. The first kappa shape index (κ1) is 10.7. The summed E-state index contributed by atoms with van der Waals surface area (Å²) in [5, 5.41) is 16.7. The summed E-state index contributed by atoms with van der Waals surface area (Å²) in [6, 6.07) is 1.09. The summed E-state index contributed by atoms with van der Waals surface area (Å²) in [6.45, 7) is 0. The van der Waals surface area contributed by atoms with E-state index in [9.17, 15) is 9.59 Å². The molecule has 0 unspecified atom stereocenters. The van der Waals surface area contributed by atoms with Crippen molar-refractivity contribution in [3.8, 4) is 0 Å². The van der Waals surface area contributed by atoms with Gasteiger partial charge in [-0.15, -0.1) is 0 Å². The number of furan rings is 1. The average Bonchev–Trinajstić information content (AvgIpc) is 2.32. The van der Waals surface area contributed by atoms with Gasteiger partial charge in [0.15, 0.2) is 0 Å². The molecule has 65 valence electrons. The van der Waals surface area contributed by atoms with Crippen LogP contribution in [0.5, 0.6) is 0 Å². The number of hydrogen-bond donors (Lipinski definition) is 2. The zero-order valence-corrected chi connectivity index (χ0v) is 6.83. The Labute approximate surface area is 77.5 Å². The number of hydrogen-bond acceptors (Lipinski definition) is 3. The Kier molecular flexibility index (Phi) is 3.53.